The molecule has 3 fully saturated rings. The van der Waals surface area contributed by atoms with Crippen LogP contribution in [0, 0.1) is 23.2 Å². The predicted molar refractivity (Wildman–Crippen MR) is 72.1 cm³/mol. The smallest absolute Gasteiger partial charge is 0.318 e. The van der Waals surface area contributed by atoms with Gasteiger partial charge in [-0.25, -0.2) is 0 Å². The van der Waals surface area contributed by atoms with Crippen LogP contribution in [0.25, 0.3) is 0 Å². The maximum atomic E-state index is 11.6. The second-order valence-corrected chi connectivity index (χ2v) is 6.82. The monoisotopic (exact) mass is 256 g/mol. The van der Waals surface area contributed by atoms with Gasteiger partial charge in [0.05, 0.1) is 11.9 Å². The molecule has 3 heteroatoms. The highest BCUT2D eigenvalue weighted by Gasteiger charge is 2.54. The average molecular weight is 256 g/mol. The summed E-state index contributed by atoms with van der Waals surface area (Å²) < 4.78 is 5.03. The molecule has 98 valence electrons. The first kappa shape index (κ1) is 13.3. The van der Waals surface area contributed by atoms with E-state index in [1.165, 1.54) is 19.3 Å². The normalized spacial score (nSPS) is 35.9. The minimum Gasteiger partial charge on any atom is -0.465 e. The standard InChI is InChI=1S/C14H24O2S/c1-4-16-13(15)12(17)7-9-5-6-10-8-11(9)14(10,2)3/h9-12,17H,4-8H2,1-3H3. The molecule has 3 saturated carbocycles. The zero-order chi connectivity index (χ0) is 12.6. The number of ether oxygens (including phenoxy) is 1. The first-order valence-electron chi connectivity index (χ1n) is 6.81. The molecule has 0 aromatic heterocycles. The van der Waals surface area contributed by atoms with E-state index in [0.29, 0.717) is 17.9 Å². The Hall–Kier alpha value is -0.180. The summed E-state index contributed by atoms with van der Waals surface area (Å²) >= 11 is 4.41. The predicted octanol–water partition coefficient (Wildman–Crippen LogP) is 3.31. The molecule has 0 amide bonds. The van der Waals surface area contributed by atoms with Gasteiger partial charge in [-0.05, 0) is 55.8 Å². The summed E-state index contributed by atoms with van der Waals surface area (Å²) in [6, 6.07) is 0. The maximum absolute atomic E-state index is 11.6. The highest BCUT2D eigenvalue weighted by molar-refractivity contribution is 7.81. The third kappa shape index (κ3) is 2.35. The van der Waals surface area contributed by atoms with E-state index >= 15 is 0 Å². The molecule has 0 N–H and O–H groups in total. The van der Waals surface area contributed by atoms with Crippen molar-refractivity contribution in [2.45, 2.75) is 51.7 Å². The maximum Gasteiger partial charge on any atom is 0.318 e. The molecule has 4 atom stereocenters. The van der Waals surface area contributed by atoms with Crippen LogP contribution in [-0.2, 0) is 9.53 Å². The molecule has 3 aliphatic rings. The molecular weight excluding hydrogens is 232 g/mol. The summed E-state index contributed by atoms with van der Waals surface area (Å²) in [6.07, 6.45) is 4.86. The number of carbonyl (C=O) groups is 1. The number of carbonyl (C=O) groups excluding carboxylic acids is 1. The van der Waals surface area contributed by atoms with E-state index in [4.69, 9.17) is 4.74 Å². The fraction of sp³-hybridized carbons (Fsp3) is 0.929. The third-order valence-electron chi connectivity index (χ3n) is 5.09. The van der Waals surface area contributed by atoms with Gasteiger partial charge in [-0.2, -0.15) is 12.6 Å². The Balaban J connectivity index is 1.89. The largest absolute Gasteiger partial charge is 0.465 e. The molecule has 0 aliphatic heterocycles. The molecule has 0 spiro atoms. The van der Waals surface area contributed by atoms with Crippen molar-refractivity contribution in [3.63, 3.8) is 0 Å². The summed E-state index contributed by atoms with van der Waals surface area (Å²) in [5.41, 5.74) is 0.491. The molecule has 0 saturated heterocycles. The van der Waals surface area contributed by atoms with Gasteiger partial charge < -0.3 is 4.74 Å². The lowest BCUT2D eigenvalue weighted by Gasteiger charge is -2.60. The summed E-state index contributed by atoms with van der Waals surface area (Å²) in [5, 5.41) is -0.229. The van der Waals surface area contributed by atoms with Gasteiger partial charge in [0.2, 0.25) is 0 Å². The molecule has 0 radical (unpaired) electrons. The second kappa shape index (κ2) is 4.83. The Morgan fingerprint density at radius 3 is 2.71 bits per heavy atom. The van der Waals surface area contributed by atoms with Crippen molar-refractivity contribution in [1.29, 1.82) is 0 Å². The molecule has 0 heterocycles. The summed E-state index contributed by atoms with van der Waals surface area (Å²) in [7, 11) is 0. The molecule has 0 aromatic carbocycles. The van der Waals surface area contributed by atoms with Crippen molar-refractivity contribution in [3.05, 3.63) is 0 Å². The average Bonchev–Trinajstić information content (AvgIpc) is 2.29. The van der Waals surface area contributed by atoms with E-state index in [1.807, 2.05) is 6.92 Å². The summed E-state index contributed by atoms with van der Waals surface area (Å²) in [5.74, 6) is 2.24. The Kier molecular flexibility index (Phi) is 3.77. The zero-order valence-electron chi connectivity index (χ0n) is 11.1. The Labute approximate surface area is 110 Å². The Morgan fingerprint density at radius 1 is 1.47 bits per heavy atom. The van der Waals surface area contributed by atoms with E-state index < -0.39 is 0 Å². The first-order valence-corrected chi connectivity index (χ1v) is 7.33. The molecule has 3 aliphatic carbocycles. The Morgan fingerprint density at radius 2 is 2.18 bits per heavy atom. The quantitative estimate of drug-likeness (QED) is 0.617. The van der Waals surface area contributed by atoms with Crippen LogP contribution in [0.2, 0.25) is 0 Å². The van der Waals surface area contributed by atoms with Gasteiger partial charge in [-0.1, -0.05) is 13.8 Å². The number of fused-ring (bicyclic) bond motifs is 2. The van der Waals surface area contributed by atoms with E-state index in [9.17, 15) is 4.79 Å². The van der Waals surface area contributed by atoms with Crippen LogP contribution >= 0.6 is 12.6 Å². The van der Waals surface area contributed by atoms with Gasteiger partial charge in [0.1, 0.15) is 0 Å². The molecule has 2 nitrogen and oxygen atoms in total. The zero-order valence-corrected chi connectivity index (χ0v) is 12.0. The molecule has 2 bridgehead atoms. The van der Waals surface area contributed by atoms with Gasteiger partial charge in [0.25, 0.3) is 0 Å². The van der Waals surface area contributed by atoms with Crippen molar-refractivity contribution in [1.82, 2.24) is 0 Å². The van der Waals surface area contributed by atoms with Crippen LogP contribution in [0.1, 0.15) is 46.5 Å². The third-order valence-corrected chi connectivity index (χ3v) is 5.51. The minimum absolute atomic E-state index is 0.143. The Bertz CT molecular complexity index is 299. The highest BCUT2D eigenvalue weighted by atomic mass is 32.1. The van der Waals surface area contributed by atoms with Crippen LogP contribution in [0.4, 0.5) is 0 Å². The van der Waals surface area contributed by atoms with Crippen molar-refractivity contribution in [3.8, 4) is 0 Å². The second-order valence-electron chi connectivity index (χ2n) is 6.20. The van der Waals surface area contributed by atoms with Crippen molar-refractivity contribution >= 4 is 18.6 Å². The lowest BCUT2D eigenvalue weighted by molar-refractivity contribution is -0.144. The number of thiol groups is 1. The van der Waals surface area contributed by atoms with Gasteiger partial charge >= 0.3 is 5.97 Å². The van der Waals surface area contributed by atoms with Crippen LogP contribution in [0.3, 0.4) is 0 Å². The number of esters is 1. The van der Waals surface area contributed by atoms with E-state index in [0.717, 1.165) is 18.3 Å². The topological polar surface area (TPSA) is 26.3 Å². The van der Waals surface area contributed by atoms with Crippen molar-refractivity contribution in [2.75, 3.05) is 6.61 Å². The van der Waals surface area contributed by atoms with Crippen LogP contribution in [-0.4, -0.2) is 17.8 Å². The first-order chi connectivity index (χ1) is 7.96. The number of hydrogen-bond donors (Lipinski definition) is 1. The van der Waals surface area contributed by atoms with E-state index in [-0.39, 0.29) is 11.2 Å². The lowest BCUT2D eigenvalue weighted by Crippen LogP contribution is -2.52. The van der Waals surface area contributed by atoms with Crippen LogP contribution in [0.15, 0.2) is 0 Å². The van der Waals surface area contributed by atoms with Crippen LogP contribution < -0.4 is 0 Å². The fourth-order valence-corrected chi connectivity index (χ4v) is 4.21. The van der Waals surface area contributed by atoms with E-state index in [1.54, 1.807) is 0 Å². The van der Waals surface area contributed by atoms with Gasteiger partial charge in [-0.15, -0.1) is 0 Å². The molecule has 0 aromatic rings. The van der Waals surface area contributed by atoms with Gasteiger partial charge in [0, 0.05) is 0 Å². The van der Waals surface area contributed by atoms with Crippen molar-refractivity contribution in [2.24, 2.45) is 23.2 Å². The highest BCUT2D eigenvalue weighted by Crippen LogP contribution is 2.62. The molecule has 3 rings (SSSR count). The summed E-state index contributed by atoms with van der Waals surface area (Å²) in [6.45, 7) is 7.07. The number of hydrogen-bond acceptors (Lipinski definition) is 3. The van der Waals surface area contributed by atoms with Crippen LogP contribution in [0.5, 0.6) is 0 Å². The fourth-order valence-electron chi connectivity index (χ4n) is 3.87. The number of rotatable bonds is 4. The van der Waals surface area contributed by atoms with Crippen molar-refractivity contribution < 1.29 is 9.53 Å². The van der Waals surface area contributed by atoms with E-state index in [2.05, 4.69) is 26.5 Å². The molecule has 4 unspecified atom stereocenters. The summed E-state index contributed by atoms with van der Waals surface area (Å²) in [4.78, 5) is 11.6. The molecular formula is C14H24O2S. The van der Waals surface area contributed by atoms with Gasteiger partial charge in [0.15, 0.2) is 0 Å². The lowest BCUT2D eigenvalue weighted by atomic mass is 9.45. The minimum atomic E-state index is -0.229. The SMILES string of the molecule is CCOC(=O)C(S)CC1CCC2CC1C2(C)C. The van der Waals surface area contributed by atoms with Gasteiger partial charge in [-0.3, -0.25) is 4.79 Å². The molecule has 17 heavy (non-hydrogen) atoms.